The molecule has 0 unspecified atom stereocenters. The molecule has 1 aliphatic rings. The second-order valence-corrected chi connectivity index (χ2v) is 3.59. The van der Waals surface area contributed by atoms with E-state index in [9.17, 15) is 4.79 Å². The SMILES string of the molecule is C=C1N=NC(=O)NC1=NCc1ccc(OC)cc1. The minimum Gasteiger partial charge on any atom is -0.497 e. The summed E-state index contributed by atoms with van der Waals surface area (Å²) in [6.45, 7) is 4.07. The van der Waals surface area contributed by atoms with Crippen LogP contribution in [0, 0.1) is 0 Å². The van der Waals surface area contributed by atoms with Crippen LogP contribution in [0.25, 0.3) is 0 Å². The Morgan fingerprint density at radius 3 is 2.72 bits per heavy atom. The lowest BCUT2D eigenvalue weighted by Gasteiger charge is -2.09. The molecule has 1 heterocycles. The second kappa shape index (κ2) is 5.22. The molecule has 0 atom stereocenters. The van der Waals surface area contributed by atoms with Crippen molar-refractivity contribution in [1.29, 1.82) is 0 Å². The fourth-order valence-corrected chi connectivity index (χ4v) is 1.38. The summed E-state index contributed by atoms with van der Waals surface area (Å²) >= 11 is 0. The number of nitrogens with one attached hydrogen (secondary N) is 1. The summed E-state index contributed by atoms with van der Waals surface area (Å²) in [5.74, 6) is 1.14. The molecule has 0 aliphatic carbocycles. The number of hydrogen-bond acceptors (Lipinski definition) is 4. The van der Waals surface area contributed by atoms with Gasteiger partial charge in [-0.25, -0.2) is 4.79 Å². The van der Waals surface area contributed by atoms with Crippen molar-refractivity contribution in [3.05, 3.63) is 42.1 Å². The van der Waals surface area contributed by atoms with E-state index >= 15 is 0 Å². The molecule has 0 bridgehead atoms. The number of hydrogen-bond donors (Lipinski definition) is 1. The monoisotopic (exact) mass is 244 g/mol. The van der Waals surface area contributed by atoms with Gasteiger partial charge in [0.05, 0.1) is 13.7 Å². The van der Waals surface area contributed by atoms with Crippen molar-refractivity contribution >= 4 is 11.9 Å². The minimum absolute atomic E-state index is 0.350. The number of ether oxygens (including phenoxy) is 1. The number of amidine groups is 1. The van der Waals surface area contributed by atoms with Crippen molar-refractivity contribution < 1.29 is 9.53 Å². The van der Waals surface area contributed by atoms with Gasteiger partial charge in [-0.05, 0) is 17.7 Å². The van der Waals surface area contributed by atoms with E-state index in [1.54, 1.807) is 7.11 Å². The summed E-state index contributed by atoms with van der Waals surface area (Å²) in [7, 11) is 1.61. The highest BCUT2D eigenvalue weighted by molar-refractivity contribution is 6.08. The predicted octanol–water partition coefficient (Wildman–Crippen LogP) is 2.28. The van der Waals surface area contributed by atoms with Crippen LogP contribution in [-0.2, 0) is 6.54 Å². The molecule has 0 aromatic heterocycles. The molecule has 0 fully saturated rings. The first-order valence-electron chi connectivity index (χ1n) is 5.28. The first-order chi connectivity index (χ1) is 8.69. The molecule has 0 saturated heterocycles. The average molecular weight is 244 g/mol. The van der Waals surface area contributed by atoms with E-state index in [1.165, 1.54) is 0 Å². The molecule has 2 amide bonds. The number of methoxy groups -OCH3 is 1. The molecule has 2 rings (SSSR count). The van der Waals surface area contributed by atoms with Crippen LogP contribution in [-0.4, -0.2) is 19.0 Å². The normalized spacial score (nSPS) is 16.8. The molecule has 1 N–H and O–H groups in total. The Hall–Kier alpha value is -2.50. The molecule has 6 heteroatoms. The second-order valence-electron chi connectivity index (χ2n) is 3.59. The van der Waals surface area contributed by atoms with Gasteiger partial charge in [0.1, 0.15) is 11.4 Å². The van der Waals surface area contributed by atoms with Crippen molar-refractivity contribution in [2.75, 3.05) is 7.11 Å². The fourth-order valence-electron chi connectivity index (χ4n) is 1.38. The quantitative estimate of drug-likeness (QED) is 0.885. The fraction of sp³-hybridized carbons (Fsp3) is 0.167. The first kappa shape index (κ1) is 12.0. The van der Waals surface area contributed by atoms with Crippen molar-refractivity contribution in [2.24, 2.45) is 15.2 Å². The highest BCUT2D eigenvalue weighted by Crippen LogP contribution is 2.12. The first-order valence-corrected chi connectivity index (χ1v) is 5.28. The van der Waals surface area contributed by atoms with Crippen LogP contribution in [0.2, 0.25) is 0 Å². The van der Waals surface area contributed by atoms with E-state index in [4.69, 9.17) is 4.74 Å². The zero-order valence-electron chi connectivity index (χ0n) is 9.88. The number of carbonyl (C=O) groups excluding carboxylic acids is 1. The highest BCUT2D eigenvalue weighted by atomic mass is 16.5. The minimum atomic E-state index is -0.532. The standard InChI is InChI=1S/C12H12N4O2/c1-8-11(14-12(17)16-15-8)13-7-9-3-5-10(18-2)6-4-9/h3-6H,1,7H2,2H3,(H,13,14,17). The zero-order valence-corrected chi connectivity index (χ0v) is 9.88. The maximum Gasteiger partial charge on any atom is 0.365 e. The average Bonchev–Trinajstić information content (AvgIpc) is 2.40. The zero-order chi connectivity index (χ0) is 13.0. The van der Waals surface area contributed by atoms with E-state index in [0.29, 0.717) is 18.1 Å². The summed E-state index contributed by atoms with van der Waals surface area (Å²) in [6, 6.07) is 6.97. The summed E-state index contributed by atoms with van der Waals surface area (Å²) in [6.07, 6.45) is 0. The third kappa shape index (κ3) is 2.79. The van der Waals surface area contributed by atoms with Crippen molar-refractivity contribution in [3.63, 3.8) is 0 Å². The number of rotatable bonds is 3. The number of nitrogens with zero attached hydrogens (tertiary/aromatic N) is 3. The number of carbonyl (C=O) groups is 1. The third-order valence-electron chi connectivity index (χ3n) is 2.34. The van der Waals surface area contributed by atoms with Crippen molar-refractivity contribution in [1.82, 2.24) is 5.32 Å². The lowest BCUT2D eigenvalue weighted by atomic mass is 10.2. The summed E-state index contributed by atoms with van der Waals surface area (Å²) in [4.78, 5) is 15.2. The largest absolute Gasteiger partial charge is 0.497 e. The van der Waals surface area contributed by atoms with Crippen LogP contribution in [0.1, 0.15) is 5.56 Å². The molecule has 1 aromatic carbocycles. The predicted molar refractivity (Wildman–Crippen MR) is 66.7 cm³/mol. The third-order valence-corrected chi connectivity index (χ3v) is 2.34. The van der Waals surface area contributed by atoms with Crippen LogP contribution >= 0.6 is 0 Å². The van der Waals surface area contributed by atoms with Gasteiger partial charge in [-0.1, -0.05) is 23.8 Å². The van der Waals surface area contributed by atoms with E-state index < -0.39 is 6.03 Å². The van der Waals surface area contributed by atoms with Gasteiger partial charge in [-0.15, -0.1) is 5.11 Å². The Morgan fingerprint density at radius 2 is 2.06 bits per heavy atom. The van der Waals surface area contributed by atoms with E-state index in [2.05, 4.69) is 27.1 Å². The van der Waals surface area contributed by atoms with Gasteiger partial charge >= 0.3 is 6.03 Å². The van der Waals surface area contributed by atoms with Gasteiger partial charge in [-0.2, -0.15) is 0 Å². The van der Waals surface area contributed by atoms with E-state index in [-0.39, 0.29) is 0 Å². The smallest absolute Gasteiger partial charge is 0.365 e. The number of azo groups is 1. The number of urea groups is 1. The molecule has 0 spiro atoms. The number of benzene rings is 1. The molecular formula is C12H12N4O2. The van der Waals surface area contributed by atoms with E-state index in [1.807, 2.05) is 24.3 Å². The Kier molecular flexibility index (Phi) is 3.47. The molecule has 18 heavy (non-hydrogen) atoms. The molecule has 0 saturated carbocycles. The molecule has 92 valence electrons. The molecule has 1 aliphatic heterocycles. The van der Waals surface area contributed by atoms with Crippen LogP contribution in [0.15, 0.2) is 51.8 Å². The Morgan fingerprint density at radius 1 is 1.33 bits per heavy atom. The Bertz CT molecular complexity index is 532. The van der Waals surface area contributed by atoms with Crippen LogP contribution in [0.3, 0.4) is 0 Å². The van der Waals surface area contributed by atoms with Gasteiger partial charge in [0.2, 0.25) is 0 Å². The lowest BCUT2D eigenvalue weighted by Crippen LogP contribution is -2.31. The van der Waals surface area contributed by atoms with Gasteiger partial charge < -0.3 is 4.74 Å². The molecular weight excluding hydrogens is 232 g/mol. The maximum absolute atomic E-state index is 11.0. The number of amides is 2. The van der Waals surface area contributed by atoms with Crippen molar-refractivity contribution in [3.8, 4) is 5.75 Å². The van der Waals surface area contributed by atoms with Gasteiger partial charge in [0.25, 0.3) is 0 Å². The maximum atomic E-state index is 11.0. The van der Waals surface area contributed by atoms with Crippen LogP contribution in [0.4, 0.5) is 4.79 Å². The summed E-state index contributed by atoms with van der Waals surface area (Å²) in [5.41, 5.74) is 1.34. The van der Waals surface area contributed by atoms with Crippen LogP contribution in [0.5, 0.6) is 5.75 Å². The van der Waals surface area contributed by atoms with Crippen molar-refractivity contribution in [2.45, 2.75) is 6.54 Å². The molecule has 0 radical (unpaired) electrons. The number of aliphatic imine (C=N–C) groups is 1. The summed E-state index contributed by atoms with van der Waals surface area (Å²) < 4.78 is 5.06. The summed E-state index contributed by atoms with van der Waals surface area (Å²) in [5, 5.41) is 9.40. The van der Waals surface area contributed by atoms with Gasteiger partial charge in [0, 0.05) is 0 Å². The van der Waals surface area contributed by atoms with Crippen LogP contribution < -0.4 is 10.1 Å². The highest BCUT2D eigenvalue weighted by Gasteiger charge is 2.13. The molecule has 1 aromatic rings. The molecule has 6 nitrogen and oxygen atoms in total. The van der Waals surface area contributed by atoms with Gasteiger partial charge in [-0.3, -0.25) is 10.3 Å². The Balaban J connectivity index is 2.07. The lowest BCUT2D eigenvalue weighted by molar-refractivity contribution is 0.251. The topological polar surface area (TPSA) is 75.4 Å². The Labute approximate surface area is 104 Å². The van der Waals surface area contributed by atoms with Gasteiger partial charge in [0.15, 0.2) is 5.84 Å². The van der Waals surface area contributed by atoms with E-state index in [0.717, 1.165) is 11.3 Å².